The minimum Gasteiger partial charge on any atom is -0.0622 e. The molecule has 0 bridgehead atoms. The molecule has 0 spiro atoms. The van der Waals surface area contributed by atoms with Crippen LogP contribution in [0.4, 0.5) is 0 Å². The van der Waals surface area contributed by atoms with E-state index in [1.807, 2.05) is 0 Å². The Hall–Kier alpha value is -2.00. The number of rotatable bonds is 9. The summed E-state index contributed by atoms with van der Waals surface area (Å²) in [5, 5.41) is 0. The summed E-state index contributed by atoms with van der Waals surface area (Å²) >= 11 is 0. The average Bonchev–Trinajstić information content (AvgIpc) is 3.32. The van der Waals surface area contributed by atoms with E-state index < -0.39 is 0 Å². The van der Waals surface area contributed by atoms with E-state index in [1.165, 1.54) is 56.2 Å². The van der Waals surface area contributed by atoms with Crippen molar-refractivity contribution in [3.05, 3.63) is 108 Å². The third kappa shape index (κ3) is 5.76. The highest BCUT2D eigenvalue weighted by Crippen LogP contribution is 2.38. The first-order chi connectivity index (χ1) is 14.4. The molecule has 0 N–H and O–H groups in total. The fraction of sp³-hybridized carbons (Fsp3) is 0.259. The van der Waals surface area contributed by atoms with Crippen LogP contribution in [0.2, 0.25) is 0 Å². The van der Waals surface area contributed by atoms with Gasteiger partial charge < -0.3 is 0 Å². The summed E-state index contributed by atoms with van der Waals surface area (Å²) in [5.74, 6) is 7.37. The second kappa shape index (κ2) is 10.7. The van der Waals surface area contributed by atoms with Gasteiger partial charge in [0.25, 0.3) is 0 Å². The van der Waals surface area contributed by atoms with Gasteiger partial charge in [-0.3, -0.25) is 0 Å². The molecule has 29 heavy (non-hydrogen) atoms. The summed E-state index contributed by atoms with van der Waals surface area (Å²) in [6.07, 6.45) is 5.12. The summed E-state index contributed by atoms with van der Waals surface area (Å²) in [7, 11) is 1.65. The highest BCUT2D eigenvalue weighted by Gasteiger charge is 2.21. The van der Waals surface area contributed by atoms with Gasteiger partial charge in [-0.1, -0.05) is 99.2 Å². The number of hydrogen-bond acceptors (Lipinski definition) is 0. The third-order valence-electron chi connectivity index (χ3n) is 5.89. The summed E-state index contributed by atoms with van der Waals surface area (Å²) < 4.78 is 0. The first kappa shape index (κ1) is 20.3. The molecule has 0 aliphatic carbocycles. The molecule has 3 aromatic rings. The van der Waals surface area contributed by atoms with Crippen molar-refractivity contribution in [1.29, 1.82) is 0 Å². The second-order valence-corrected chi connectivity index (χ2v) is 11.5. The molecule has 0 fully saturated rings. The first-order valence-corrected chi connectivity index (χ1v) is 13.6. The highest BCUT2D eigenvalue weighted by atomic mass is 31.1. The van der Waals surface area contributed by atoms with Crippen LogP contribution in [-0.2, 0) is 0 Å². The van der Waals surface area contributed by atoms with Crippen LogP contribution in [0.1, 0.15) is 47.8 Å². The number of benzene rings is 3. The van der Waals surface area contributed by atoms with E-state index in [2.05, 4.69) is 103 Å². The summed E-state index contributed by atoms with van der Waals surface area (Å²) in [6, 6.07) is 33.3. The molecule has 2 unspecified atom stereocenters. The quantitative estimate of drug-likeness (QED) is 0.313. The molecule has 4 rings (SSSR count). The molecule has 146 valence electrons. The topological polar surface area (TPSA) is 0 Å². The van der Waals surface area contributed by atoms with Gasteiger partial charge in [-0.05, 0) is 41.9 Å². The molecule has 0 amide bonds. The first-order valence-electron chi connectivity index (χ1n) is 10.6. The maximum absolute atomic E-state index is 2.50. The molecule has 0 saturated carbocycles. The zero-order chi connectivity index (χ0) is 19.7. The van der Waals surface area contributed by atoms with Gasteiger partial charge in [-0.2, -0.15) is 0 Å². The van der Waals surface area contributed by atoms with E-state index in [1.54, 1.807) is 0 Å². The van der Waals surface area contributed by atoms with Crippen molar-refractivity contribution in [2.45, 2.75) is 31.1 Å². The maximum atomic E-state index is 2.50. The molecule has 0 nitrogen and oxygen atoms in total. The maximum Gasteiger partial charge on any atom is 0.147 e. The van der Waals surface area contributed by atoms with E-state index in [-0.39, 0.29) is 7.55 Å². The lowest BCUT2D eigenvalue weighted by Gasteiger charge is -2.22. The molecular formula is C27H29P2+. The SMILES string of the molecule is C1=PC[P+](CCC(CCC(c2ccccc2)c2ccccc2)c2ccccc2)=C1. The van der Waals surface area contributed by atoms with Crippen molar-refractivity contribution >= 4 is 27.3 Å². The smallest absolute Gasteiger partial charge is 0.0622 e. The van der Waals surface area contributed by atoms with Gasteiger partial charge in [0.15, 0.2) is 0 Å². The molecule has 0 radical (unpaired) electrons. The van der Waals surface area contributed by atoms with Crippen LogP contribution in [0.15, 0.2) is 91.0 Å². The van der Waals surface area contributed by atoms with Crippen molar-refractivity contribution in [2.75, 3.05) is 12.1 Å². The Labute approximate surface area is 178 Å². The van der Waals surface area contributed by atoms with Crippen LogP contribution in [0.5, 0.6) is 0 Å². The zero-order valence-electron chi connectivity index (χ0n) is 16.9. The van der Waals surface area contributed by atoms with Crippen LogP contribution in [0.3, 0.4) is 0 Å². The van der Waals surface area contributed by atoms with Gasteiger partial charge >= 0.3 is 0 Å². The Morgan fingerprint density at radius 3 is 1.72 bits per heavy atom. The number of hydrogen-bond donors (Lipinski definition) is 0. The third-order valence-corrected chi connectivity index (χ3v) is 9.99. The fourth-order valence-corrected chi connectivity index (χ4v) is 8.36. The van der Waals surface area contributed by atoms with Gasteiger partial charge in [-0.15, -0.1) is 0 Å². The van der Waals surface area contributed by atoms with E-state index in [0.29, 0.717) is 11.8 Å². The monoisotopic (exact) mass is 415 g/mol. The van der Waals surface area contributed by atoms with Gasteiger partial charge in [-0.25, -0.2) is 0 Å². The zero-order valence-corrected chi connectivity index (χ0v) is 18.7. The predicted molar refractivity (Wildman–Crippen MR) is 133 cm³/mol. The summed E-state index contributed by atoms with van der Waals surface area (Å²) in [5.41, 5.74) is 4.39. The molecular weight excluding hydrogens is 386 g/mol. The summed E-state index contributed by atoms with van der Waals surface area (Å²) in [6.45, 7) is 0. The normalized spacial score (nSPS) is 16.0. The standard InChI is InChI=1S/C27H29P2/c1-4-10-23(11-5-1)24(18-20-29-21-19-28-22-29)16-17-27(25-12-6-2-7-13-25)26-14-8-3-9-15-26/h1-15,19,21,24,27H,16-18,20,22H2/q+1. The van der Waals surface area contributed by atoms with Crippen molar-refractivity contribution in [2.24, 2.45) is 0 Å². The van der Waals surface area contributed by atoms with Gasteiger partial charge in [0.05, 0.1) is 0 Å². The minimum absolute atomic E-state index is 0.125. The summed E-state index contributed by atoms with van der Waals surface area (Å²) in [4.78, 5) is 0. The Morgan fingerprint density at radius 1 is 0.655 bits per heavy atom. The Bertz CT molecular complexity index is 891. The Kier molecular flexibility index (Phi) is 7.47. The van der Waals surface area contributed by atoms with E-state index in [0.717, 1.165) is 0 Å². The van der Waals surface area contributed by atoms with E-state index in [9.17, 15) is 0 Å². The molecule has 2 atom stereocenters. The molecule has 1 heterocycles. The van der Waals surface area contributed by atoms with Crippen LogP contribution in [0.25, 0.3) is 0 Å². The van der Waals surface area contributed by atoms with Gasteiger partial charge in [0.2, 0.25) is 0 Å². The largest absolute Gasteiger partial charge is 0.147 e. The Balaban J connectivity index is 1.51. The van der Waals surface area contributed by atoms with Crippen LogP contribution >= 0.6 is 15.7 Å². The predicted octanol–water partition coefficient (Wildman–Crippen LogP) is 7.78. The fourth-order valence-electron chi connectivity index (χ4n) is 4.27. The van der Waals surface area contributed by atoms with Crippen molar-refractivity contribution in [1.82, 2.24) is 0 Å². The molecule has 1 aliphatic rings. The molecule has 1 aliphatic heterocycles. The minimum atomic E-state index is 0.125. The van der Waals surface area contributed by atoms with Gasteiger partial charge in [0.1, 0.15) is 25.4 Å². The highest BCUT2D eigenvalue weighted by molar-refractivity contribution is 7.74. The molecule has 0 aromatic heterocycles. The second-order valence-electron chi connectivity index (χ2n) is 7.78. The van der Waals surface area contributed by atoms with Crippen LogP contribution in [-0.4, -0.2) is 23.7 Å². The van der Waals surface area contributed by atoms with Crippen molar-refractivity contribution < 1.29 is 0 Å². The lowest BCUT2D eigenvalue weighted by atomic mass is 9.83. The van der Waals surface area contributed by atoms with Crippen LogP contribution < -0.4 is 0 Å². The molecule has 2 heteroatoms. The van der Waals surface area contributed by atoms with Crippen LogP contribution in [0, 0.1) is 0 Å². The molecule has 3 aromatic carbocycles. The lowest BCUT2D eigenvalue weighted by molar-refractivity contribution is 0.550. The van der Waals surface area contributed by atoms with E-state index in [4.69, 9.17) is 0 Å². The van der Waals surface area contributed by atoms with E-state index >= 15 is 0 Å². The van der Waals surface area contributed by atoms with Gasteiger partial charge in [0, 0.05) is 11.7 Å². The Morgan fingerprint density at radius 2 is 1.21 bits per heavy atom. The average molecular weight is 415 g/mol. The van der Waals surface area contributed by atoms with Crippen molar-refractivity contribution in [3.63, 3.8) is 0 Å². The lowest BCUT2D eigenvalue weighted by Crippen LogP contribution is -2.07. The molecule has 0 saturated heterocycles. The van der Waals surface area contributed by atoms with Crippen molar-refractivity contribution in [3.8, 4) is 0 Å².